The second-order valence-corrected chi connectivity index (χ2v) is 13.9. The highest BCUT2D eigenvalue weighted by molar-refractivity contribution is 6.18. The summed E-state index contributed by atoms with van der Waals surface area (Å²) in [6, 6.07) is 51.1. The average Bonchev–Trinajstić information content (AvgIpc) is 3.63. The molecule has 6 heteroatoms. The number of anilines is 7. The van der Waals surface area contributed by atoms with E-state index in [-0.39, 0.29) is 5.43 Å². The predicted octanol–water partition coefficient (Wildman–Crippen LogP) is 13.5. The van der Waals surface area contributed by atoms with Crippen molar-refractivity contribution in [2.24, 2.45) is 0 Å². The van der Waals surface area contributed by atoms with E-state index >= 15 is 0 Å². The van der Waals surface area contributed by atoms with Gasteiger partial charge in [0.1, 0.15) is 22.3 Å². The molecule has 0 atom stereocenters. The van der Waals surface area contributed by atoms with Crippen LogP contribution in [0.4, 0.5) is 39.8 Å². The molecule has 9 aromatic rings. The van der Waals surface area contributed by atoms with Gasteiger partial charge in [-0.25, -0.2) is 0 Å². The summed E-state index contributed by atoms with van der Waals surface area (Å²) in [4.78, 5) is 20.1. The summed E-state index contributed by atoms with van der Waals surface area (Å²) in [5.74, 6) is 0. The van der Waals surface area contributed by atoms with E-state index in [2.05, 4.69) is 114 Å². The molecular weight excluding hydrogens is 691 g/mol. The predicted molar refractivity (Wildman–Crippen MR) is 233 cm³/mol. The summed E-state index contributed by atoms with van der Waals surface area (Å²) in [6.45, 7) is 8.14. The molecule has 6 nitrogen and oxygen atoms in total. The summed E-state index contributed by atoms with van der Waals surface area (Å²) >= 11 is 0. The number of furan rings is 1. The number of hydrogen-bond acceptors (Lipinski definition) is 6. The van der Waals surface area contributed by atoms with Crippen LogP contribution in [0.25, 0.3) is 55.0 Å². The fourth-order valence-electron chi connectivity index (χ4n) is 8.11. The maximum absolute atomic E-state index is 13.3. The molecule has 3 heterocycles. The smallest absolute Gasteiger partial charge is 0.200 e. The van der Waals surface area contributed by atoms with E-state index in [1.807, 2.05) is 78.9 Å². The molecule has 0 fully saturated rings. The molecule has 0 amide bonds. The Morgan fingerprint density at radius 3 is 2.02 bits per heavy atom. The minimum absolute atomic E-state index is 0.0268. The van der Waals surface area contributed by atoms with Gasteiger partial charge in [-0.3, -0.25) is 4.79 Å². The van der Waals surface area contributed by atoms with Gasteiger partial charge in [0.2, 0.25) is 5.43 Å². The summed E-state index contributed by atoms with van der Waals surface area (Å²) < 4.78 is 12.6. The van der Waals surface area contributed by atoms with Crippen LogP contribution in [0.3, 0.4) is 0 Å². The lowest BCUT2D eigenvalue weighted by atomic mass is 10.00. The monoisotopic (exact) mass is 725 g/mol. The van der Waals surface area contributed by atoms with Crippen molar-refractivity contribution in [2.75, 3.05) is 21.7 Å². The molecule has 0 saturated heterocycles. The average molecular weight is 726 g/mol. The van der Waals surface area contributed by atoms with Crippen molar-refractivity contribution >= 4 is 83.7 Å². The molecule has 0 unspecified atom stereocenters. The summed E-state index contributed by atoms with van der Waals surface area (Å²) in [6.07, 6.45) is 5.61. The van der Waals surface area contributed by atoms with Crippen LogP contribution in [-0.4, -0.2) is 7.05 Å². The maximum atomic E-state index is 13.3. The number of allylic oxidation sites excluding steroid dienone is 3. The van der Waals surface area contributed by atoms with Gasteiger partial charge in [-0.1, -0.05) is 86.0 Å². The molecule has 0 N–H and O–H groups in total. The molecule has 56 heavy (non-hydrogen) atoms. The van der Waals surface area contributed by atoms with Crippen molar-refractivity contribution in [3.63, 3.8) is 0 Å². The minimum atomic E-state index is -0.0268. The first-order valence-electron chi connectivity index (χ1n) is 18.5. The van der Waals surface area contributed by atoms with Gasteiger partial charge < -0.3 is 23.5 Å². The van der Waals surface area contributed by atoms with E-state index in [4.69, 9.17) is 8.83 Å². The topological polar surface area (TPSA) is 53.1 Å². The number of benzene rings is 7. The zero-order chi connectivity index (χ0) is 37.9. The van der Waals surface area contributed by atoms with E-state index in [1.165, 1.54) is 0 Å². The molecule has 0 saturated carbocycles. The van der Waals surface area contributed by atoms with Gasteiger partial charge in [-0.2, -0.15) is 0 Å². The van der Waals surface area contributed by atoms with Crippen LogP contribution >= 0.6 is 0 Å². The largest absolute Gasteiger partial charge is 0.456 e. The first kappa shape index (κ1) is 33.0. The van der Waals surface area contributed by atoms with Crippen LogP contribution in [0.15, 0.2) is 202 Å². The molecule has 268 valence electrons. The lowest BCUT2D eigenvalue weighted by Gasteiger charge is -2.40. The number of rotatable bonds is 7. The fourth-order valence-corrected chi connectivity index (χ4v) is 8.11. The first-order valence-corrected chi connectivity index (χ1v) is 18.5. The standard InChI is InChI=1S/C50H35N3O3/c1-4-13-34(5-2)52(35-14-7-6-8-15-35)37-25-27-41-43(31-37)53(42-28-29-46-48(49(42)51(41)3)38-16-9-11-18-44(38)55-46)36-23-20-32(21-24-36)33-22-26-40-47(30-33)56-45-19-12-10-17-39(45)50(40)54/h4-31H,1-2H2,3H3/b34-13+. The fraction of sp³-hybridized carbons (Fsp3) is 0.0200. The van der Waals surface area contributed by atoms with Crippen LogP contribution in [0.2, 0.25) is 0 Å². The van der Waals surface area contributed by atoms with Gasteiger partial charge >= 0.3 is 0 Å². The molecule has 0 radical (unpaired) electrons. The maximum Gasteiger partial charge on any atom is 0.200 e. The van der Waals surface area contributed by atoms with Gasteiger partial charge in [0.05, 0.1) is 38.9 Å². The summed E-state index contributed by atoms with van der Waals surface area (Å²) in [5.41, 5.74) is 12.8. The molecule has 0 bridgehead atoms. The minimum Gasteiger partial charge on any atom is -0.456 e. The summed E-state index contributed by atoms with van der Waals surface area (Å²) in [5, 5.41) is 3.28. The van der Waals surface area contributed by atoms with Gasteiger partial charge in [0.15, 0.2) is 0 Å². The van der Waals surface area contributed by atoms with E-state index in [0.717, 1.165) is 78.6 Å². The Morgan fingerprint density at radius 1 is 0.589 bits per heavy atom. The third kappa shape index (κ3) is 5.15. The van der Waals surface area contributed by atoms with Crippen molar-refractivity contribution in [3.05, 3.63) is 199 Å². The Hall–Kier alpha value is -7.57. The highest BCUT2D eigenvalue weighted by atomic mass is 16.3. The molecule has 10 rings (SSSR count). The molecule has 0 aliphatic carbocycles. The van der Waals surface area contributed by atoms with Gasteiger partial charge in [0.25, 0.3) is 0 Å². The zero-order valence-electron chi connectivity index (χ0n) is 30.6. The highest BCUT2D eigenvalue weighted by Crippen LogP contribution is 2.55. The van der Waals surface area contributed by atoms with Gasteiger partial charge in [-0.15, -0.1) is 0 Å². The van der Waals surface area contributed by atoms with Gasteiger partial charge in [-0.05, 0) is 108 Å². The second kappa shape index (κ2) is 13.1. The number of nitrogens with zero attached hydrogens (tertiary/aromatic N) is 3. The van der Waals surface area contributed by atoms with Crippen LogP contribution in [0.5, 0.6) is 0 Å². The third-order valence-electron chi connectivity index (χ3n) is 10.7. The van der Waals surface area contributed by atoms with E-state index in [9.17, 15) is 4.79 Å². The van der Waals surface area contributed by atoms with Crippen LogP contribution < -0.4 is 20.1 Å². The number of hydrogen-bond donors (Lipinski definition) is 0. The normalized spacial score (nSPS) is 12.6. The molecule has 1 aliphatic heterocycles. The van der Waals surface area contributed by atoms with Gasteiger partial charge in [0, 0.05) is 35.2 Å². The Morgan fingerprint density at radius 2 is 1.25 bits per heavy atom. The lowest BCUT2D eigenvalue weighted by Crippen LogP contribution is -2.25. The number of para-hydroxylation sites is 3. The molecule has 7 aromatic carbocycles. The molecule has 2 aromatic heterocycles. The Bertz CT molecular complexity index is 3120. The van der Waals surface area contributed by atoms with Crippen molar-refractivity contribution in [1.29, 1.82) is 0 Å². The van der Waals surface area contributed by atoms with Crippen molar-refractivity contribution in [1.82, 2.24) is 0 Å². The molecule has 1 aliphatic rings. The van der Waals surface area contributed by atoms with Crippen LogP contribution in [-0.2, 0) is 0 Å². The van der Waals surface area contributed by atoms with Crippen molar-refractivity contribution in [2.45, 2.75) is 0 Å². The Balaban J connectivity index is 1.16. The van der Waals surface area contributed by atoms with E-state index in [0.29, 0.717) is 21.9 Å². The zero-order valence-corrected chi connectivity index (χ0v) is 30.6. The van der Waals surface area contributed by atoms with Crippen molar-refractivity contribution in [3.8, 4) is 11.1 Å². The Kier molecular flexibility index (Phi) is 7.71. The second-order valence-electron chi connectivity index (χ2n) is 13.9. The number of fused-ring (bicyclic) bond motifs is 8. The van der Waals surface area contributed by atoms with Crippen LogP contribution in [0.1, 0.15) is 0 Å². The SMILES string of the molecule is C=C/C=C(\C=C)N(c1ccccc1)c1ccc2c(c1)N(c1ccc(-c3ccc4c(=O)c5ccccc5oc4c3)cc1)c1ccc3oc4ccccc4c3c1N2C. The molecular formula is C50H35N3O3. The first-order chi connectivity index (χ1) is 27.5. The third-order valence-corrected chi connectivity index (χ3v) is 10.7. The molecule has 0 spiro atoms. The Labute approximate surface area is 323 Å². The summed E-state index contributed by atoms with van der Waals surface area (Å²) in [7, 11) is 2.13. The highest BCUT2D eigenvalue weighted by Gasteiger charge is 2.32. The van der Waals surface area contributed by atoms with Crippen molar-refractivity contribution < 1.29 is 8.83 Å². The quantitative estimate of drug-likeness (QED) is 0.120. The van der Waals surface area contributed by atoms with E-state index in [1.54, 1.807) is 12.1 Å². The van der Waals surface area contributed by atoms with Crippen LogP contribution in [0, 0.1) is 0 Å². The van der Waals surface area contributed by atoms with E-state index < -0.39 is 0 Å². The lowest BCUT2D eigenvalue weighted by molar-refractivity contribution is 0.660.